The third-order valence-electron chi connectivity index (χ3n) is 2.67. The maximum absolute atomic E-state index is 10.7. The minimum atomic E-state index is -1.67. The Balaban J connectivity index is 2.47. The largest absolute Gasteiger partial charge is 0.479 e. The molecule has 0 aliphatic carbocycles. The highest BCUT2D eigenvalue weighted by Gasteiger charge is 2.33. The summed E-state index contributed by atoms with van der Waals surface area (Å²) in [5, 5.41) is 18.4. The van der Waals surface area contributed by atoms with Gasteiger partial charge in [-0.1, -0.05) is 6.92 Å². The first kappa shape index (κ1) is 12.4. The molecule has 2 atom stereocenters. The molecular weight excluding hydrogens is 198 g/mol. The molecule has 0 radical (unpaired) electrons. The fourth-order valence-electron chi connectivity index (χ4n) is 1.67. The number of carboxylic acids is 1. The van der Waals surface area contributed by atoms with Crippen molar-refractivity contribution in [2.45, 2.75) is 32.0 Å². The van der Waals surface area contributed by atoms with E-state index >= 15 is 0 Å². The molecule has 1 fully saturated rings. The Morgan fingerprint density at radius 2 is 2.33 bits per heavy atom. The van der Waals surface area contributed by atoms with Gasteiger partial charge in [-0.15, -0.1) is 0 Å². The molecule has 1 rings (SSSR count). The SMILES string of the molecule is CCC1CN(CC(C)(O)C(=O)O)CCO1. The summed E-state index contributed by atoms with van der Waals surface area (Å²) in [5.74, 6) is -1.18. The highest BCUT2D eigenvalue weighted by molar-refractivity contribution is 5.76. The van der Waals surface area contributed by atoms with Crippen LogP contribution in [0.5, 0.6) is 0 Å². The van der Waals surface area contributed by atoms with E-state index in [1.807, 2.05) is 11.8 Å². The number of nitrogens with zero attached hydrogens (tertiary/aromatic N) is 1. The lowest BCUT2D eigenvalue weighted by molar-refractivity contribution is -0.160. The summed E-state index contributed by atoms with van der Waals surface area (Å²) in [6.07, 6.45) is 1.06. The van der Waals surface area contributed by atoms with E-state index < -0.39 is 11.6 Å². The maximum Gasteiger partial charge on any atom is 0.336 e. The normalized spacial score (nSPS) is 27.3. The molecule has 1 aliphatic rings. The van der Waals surface area contributed by atoms with E-state index in [2.05, 4.69) is 0 Å². The van der Waals surface area contributed by atoms with Gasteiger partial charge in [0.25, 0.3) is 0 Å². The Morgan fingerprint density at radius 3 is 2.87 bits per heavy atom. The van der Waals surface area contributed by atoms with E-state index in [1.165, 1.54) is 6.92 Å². The van der Waals surface area contributed by atoms with Gasteiger partial charge in [0.15, 0.2) is 5.60 Å². The second-order valence-electron chi connectivity index (χ2n) is 4.22. The average molecular weight is 217 g/mol. The molecule has 5 nitrogen and oxygen atoms in total. The van der Waals surface area contributed by atoms with Gasteiger partial charge in [-0.3, -0.25) is 4.90 Å². The number of carboxylic acid groups (broad SMARTS) is 1. The molecule has 15 heavy (non-hydrogen) atoms. The highest BCUT2D eigenvalue weighted by atomic mass is 16.5. The fraction of sp³-hybridized carbons (Fsp3) is 0.900. The van der Waals surface area contributed by atoms with Crippen molar-refractivity contribution in [1.82, 2.24) is 4.90 Å². The summed E-state index contributed by atoms with van der Waals surface area (Å²) >= 11 is 0. The van der Waals surface area contributed by atoms with Crippen LogP contribution in [0.1, 0.15) is 20.3 Å². The van der Waals surface area contributed by atoms with Crippen LogP contribution in [0.25, 0.3) is 0 Å². The van der Waals surface area contributed by atoms with Gasteiger partial charge in [-0.05, 0) is 13.3 Å². The van der Waals surface area contributed by atoms with Crippen LogP contribution in [-0.4, -0.2) is 59.0 Å². The van der Waals surface area contributed by atoms with Gasteiger partial charge in [0, 0.05) is 19.6 Å². The van der Waals surface area contributed by atoms with Crippen LogP contribution in [-0.2, 0) is 9.53 Å². The molecule has 1 saturated heterocycles. The van der Waals surface area contributed by atoms with E-state index in [0.29, 0.717) is 19.7 Å². The third kappa shape index (κ3) is 3.44. The zero-order chi connectivity index (χ0) is 11.5. The second-order valence-corrected chi connectivity index (χ2v) is 4.22. The van der Waals surface area contributed by atoms with E-state index in [0.717, 1.165) is 6.42 Å². The minimum absolute atomic E-state index is 0.155. The molecule has 2 unspecified atom stereocenters. The van der Waals surface area contributed by atoms with E-state index in [9.17, 15) is 9.90 Å². The van der Waals surface area contributed by atoms with Gasteiger partial charge >= 0.3 is 5.97 Å². The quantitative estimate of drug-likeness (QED) is 0.690. The standard InChI is InChI=1S/C10H19NO4/c1-3-8-6-11(4-5-15-8)7-10(2,14)9(12)13/h8,14H,3-7H2,1-2H3,(H,12,13). The zero-order valence-corrected chi connectivity index (χ0v) is 9.27. The molecule has 0 bridgehead atoms. The molecule has 0 aromatic rings. The molecule has 5 heteroatoms. The van der Waals surface area contributed by atoms with Gasteiger partial charge < -0.3 is 14.9 Å². The lowest BCUT2D eigenvalue weighted by Gasteiger charge is -2.35. The summed E-state index contributed by atoms with van der Waals surface area (Å²) in [7, 11) is 0. The first-order chi connectivity index (χ1) is 6.95. The Morgan fingerprint density at radius 1 is 1.67 bits per heavy atom. The van der Waals surface area contributed by atoms with Gasteiger partial charge in [-0.2, -0.15) is 0 Å². The van der Waals surface area contributed by atoms with Crippen LogP contribution in [0.15, 0.2) is 0 Å². The third-order valence-corrected chi connectivity index (χ3v) is 2.67. The first-order valence-corrected chi connectivity index (χ1v) is 5.25. The number of hydrogen-bond acceptors (Lipinski definition) is 4. The molecule has 88 valence electrons. The summed E-state index contributed by atoms with van der Waals surface area (Å²) in [5.41, 5.74) is -1.67. The van der Waals surface area contributed by atoms with Crippen molar-refractivity contribution in [1.29, 1.82) is 0 Å². The minimum Gasteiger partial charge on any atom is -0.479 e. The smallest absolute Gasteiger partial charge is 0.336 e. The molecular formula is C10H19NO4. The molecule has 0 spiro atoms. The van der Waals surface area contributed by atoms with Crippen molar-refractivity contribution in [3.8, 4) is 0 Å². The molecule has 0 saturated carbocycles. The van der Waals surface area contributed by atoms with E-state index in [-0.39, 0.29) is 12.6 Å². The van der Waals surface area contributed by atoms with Crippen LogP contribution < -0.4 is 0 Å². The zero-order valence-electron chi connectivity index (χ0n) is 9.27. The Kier molecular flexibility index (Phi) is 4.07. The van der Waals surface area contributed by atoms with Crippen molar-refractivity contribution >= 4 is 5.97 Å². The van der Waals surface area contributed by atoms with Gasteiger partial charge in [0.05, 0.1) is 12.7 Å². The Bertz CT molecular complexity index is 229. The van der Waals surface area contributed by atoms with Gasteiger partial charge in [0.2, 0.25) is 0 Å². The molecule has 0 aromatic heterocycles. The lowest BCUT2D eigenvalue weighted by Crippen LogP contribution is -2.52. The lowest BCUT2D eigenvalue weighted by atomic mass is 10.1. The maximum atomic E-state index is 10.7. The summed E-state index contributed by atoms with van der Waals surface area (Å²) < 4.78 is 5.46. The van der Waals surface area contributed by atoms with Crippen LogP contribution in [0.3, 0.4) is 0 Å². The van der Waals surface area contributed by atoms with Crippen molar-refractivity contribution < 1.29 is 19.7 Å². The van der Waals surface area contributed by atoms with Crippen molar-refractivity contribution in [2.24, 2.45) is 0 Å². The highest BCUT2D eigenvalue weighted by Crippen LogP contribution is 2.12. The van der Waals surface area contributed by atoms with Crippen molar-refractivity contribution in [3.05, 3.63) is 0 Å². The van der Waals surface area contributed by atoms with Crippen LogP contribution in [0, 0.1) is 0 Å². The fourth-order valence-corrected chi connectivity index (χ4v) is 1.67. The molecule has 1 heterocycles. The number of carbonyl (C=O) groups is 1. The number of aliphatic carboxylic acids is 1. The van der Waals surface area contributed by atoms with E-state index in [4.69, 9.17) is 9.84 Å². The summed E-state index contributed by atoms with van der Waals surface area (Å²) in [4.78, 5) is 12.7. The summed E-state index contributed by atoms with van der Waals surface area (Å²) in [6, 6.07) is 0. The average Bonchev–Trinajstić information content (AvgIpc) is 2.17. The first-order valence-electron chi connectivity index (χ1n) is 5.25. The number of β-amino-alcohol motifs (C(OH)–C–C–N with tert-alkyl or cyclic N) is 1. The van der Waals surface area contributed by atoms with Crippen molar-refractivity contribution in [2.75, 3.05) is 26.2 Å². The molecule has 0 amide bonds. The van der Waals surface area contributed by atoms with E-state index in [1.54, 1.807) is 0 Å². The van der Waals surface area contributed by atoms with Gasteiger partial charge in [-0.25, -0.2) is 4.79 Å². The number of aliphatic hydroxyl groups is 1. The summed E-state index contributed by atoms with van der Waals surface area (Å²) in [6.45, 7) is 5.49. The second kappa shape index (κ2) is 4.92. The predicted octanol–water partition coefficient (Wildman–Crippen LogP) is -0.0672. The number of hydrogen-bond donors (Lipinski definition) is 2. The number of rotatable bonds is 4. The van der Waals surface area contributed by atoms with Crippen molar-refractivity contribution in [3.63, 3.8) is 0 Å². The Hall–Kier alpha value is -0.650. The number of ether oxygens (including phenoxy) is 1. The Labute approximate surface area is 89.6 Å². The molecule has 1 aliphatic heterocycles. The molecule has 2 N–H and O–H groups in total. The monoisotopic (exact) mass is 217 g/mol. The van der Waals surface area contributed by atoms with Crippen LogP contribution in [0.4, 0.5) is 0 Å². The van der Waals surface area contributed by atoms with Gasteiger partial charge in [0.1, 0.15) is 0 Å². The predicted molar refractivity (Wildman–Crippen MR) is 54.7 cm³/mol. The topological polar surface area (TPSA) is 70.0 Å². The van der Waals surface area contributed by atoms with Crippen LogP contribution in [0.2, 0.25) is 0 Å². The number of morpholine rings is 1. The van der Waals surface area contributed by atoms with Crippen LogP contribution >= 0.6 is 0 Å². The molecule has 0 aromatic carbocycles.